The number of hydrogen-bond acceptors (Lipinski definition) is 3. The van der Waals surface area contributed by atoms with Crippen molar-refractivity contribution in [2.45, 2.75) is 51.6 Å². The summed E-state index contributed by atoms with van der Waals surface area (Å²) in [6.45, 7) is 9.19. The molecular formula is C15H30N2O. The predicted molar refractivity (Wildman–Crippen MR) is 75.9 cm³/mol. The van der Waals surface area contributed by atoms with Crippen LogP contribution in [0.4, 0.5) is 0 Å². The molecule has 2 aliphatic heterocycles. The van der Waals surface area contributed by atoms with Crippen LogP contribution in [-0.4, -0.2) is 50.3 Å². The van der Waals surface area contributed by atoms with E-state index in [0.717, 1.165) is 19.1 Å². The van der Waals surface area contributed by atoms with E-state index in [1.807, 2.05) is 0 Å². The molecule has 2 unspecified atom stereocenters. The summed E-state index contributed by atoms with van der Waals surface area (Å²) in [5, 5.41) is 3.51. The Morgan fingerprint density at radius 3 is 3.00 bits per heavy atom. The second kappa shape index (κ2) is 8.13. The van der Waals surface area contributed by atoms with Gasteiger partial charge in [0.25, 0.3) is 0 Å². The van der Waals surface area contributed by atoms with Crippen LogP contribution in [0.15, 0.2) is 0 Å². The van der Waals surface area contributed by atoms with Gasteiger partial charge >= 0.3 is 0 Å². The molecule has 3 heteroatoms. The first kappa shape index (κ1) is 14.3. The highest BCUT2D eigenvalue weighted by molar-refractivity contribution is 4.74. The van der Waals surface area contributed by atoms with E-state index in [9.17, 15) is 0 Å². The van der Waals surface area contributed by atoms with Crippen molar-refractivity contribution < 1.29 is 4.74 Å². The largest absolute Gasteiger partial charge is 0.377 e. The van der Waals surface area contributed by atoms with Gasteiger partial charge in [0.15, 0.2) is 0 Å². The lowest BCUT2D eigenvalue weighted by Gasteiger charge is -2.33. The molecule has 2 rings (SSSR count). The monoisotopic (exact) mass is 254 g/mol. The zero-order chi connectivity index (χ0) is 12.6. The Bertz CT molecular complexity index is 215. The van der Waals surface area contributed by atoms with Crippen molar-refractivity contribution in [3.63, 3.8) is 0 Å². The van der Waals surface area contributed by atoms with E-state index in [0.29, 0.717) is 6.10 Å². The van der Waals surface area contributed by atoms with Crippen molar-refractivity contribution in [3.05, 3.63) is 0 Å². The van der Waals surface area contributed by atoms with Gasteiger partial charge in [-0.1, -0.05) is 0 Å². The molecule has 2 fully saturated rings. The minimum atomic E-state index is 0.500. The quantitative estimate of drug-likeness (QED) is 0.787. The molecule has 18 heavy (non-hydrogen) atoms. The Balaban J connectivity index is 1.57. The number of nitrogens with one attached hydrogen (secondary N) is 1. The lowest BCUT2D eigenvalue weighted by Crippen LogP contribution is -2.40. The second-order valence-electron chi connectivity index (χ2n) is 5.87. The molecule has 0 aliphatic carbocycles. The SMILES string of the molecule is CCOC1CCCN(CCCC2CCCNC2)C1. The number of hydrogen-bond donors (Lipinski definition) is 1. The molecule has 2 aliphatic rings. The second-order valence-corrected chi connectivity index (χ2v) is 5.87. The normalized spacial score (nSPS) is 30.5. The molecule has 106 valence electrons. The van der Waals surface area contributed by atoms with Crippen LogP contribution < -0.4 is 5.32 Å². The number of nitrogens with zero attached hydrogens (tertiary/aromatic N) is 1. The summed E-state index contributed by atoms with van der Waals surface area (Å²) in [6, 6.07) is 0. The van der Waals surface area contributed by atoms with Crippen molar-refractivity contribution >= 4 is 0 Å². The van der Waals surface area contributed by atoms with Crippen LogP contribution in [0.1, 0.15) is 45.4 Å². The summed E-state index contributed by atoms with van der Waals surface area (Å²) in [5.74, 6) is 0.936. The van der Waals surface area contributed by atoms with Gasteiger partial charge in [0, 0.05) is 13.2 Å². The van der Waals surface area contributed by atoms with E-state index in [1.165, 1.54) is 64.7 Å². The van der Waals surface area contributed by atoms with E-state index < -0.39 is 0 Å². The van der Waals surface area contributed by atoms with Gasteiger partial charge in [0.2, 0.25) is 0 Å². The Labute approximate surface area is 112 Å². The number of ether oxygens (including phenoxy) is 1. The minimum absolute atomic E-state index is 0.500. The molecular weight excluding hydrogens is 224 g/mol. The van der Waals surface area contributed by atoms with Gasteiger partial charge in [-0.15, -0.1) is 0 Å². The summed E-state index contributed by atoms with van der Waals surface area (Å²) >= 11 is 0. The number of rotatable bonds is 6. The molecule has 2 heterocycles. The third kappa shape index (κ3) is 4.87. The molecule has 2 atom stereocenters. The van der Waals surface area contributed by atoms with E-state index in [2.05, 4.69) is 17.1 Å². The van der Waals surface area contributed by atoms with Crippen LogP contribution >= 0.6 is 0 Å². The van der Waals surface area contributed by atoms with Gasteiger partial charge < -0.3 is 15.0 Å². The molecule has 3 nitrogen and oxygen atoms in total. The summed E-state index contributed by atoms with van der Waals surface area (Å²) in [4.78, 5) is 2.61. The van der Waals surface area contributed by atoms with E-state index >= 15 is 0 Å². The lowest BCUT2D eigenvalue weighted by molar-refractivity contribution is 0.00529. The fraction of sp³-hybridized carbons (Fsp3) is 1.00. The first-order chi connectivity index (χ1) is 8.88. The van der Waals surface area contributed by atoms with Crippen molar-refractivity contribution in [1.29, 1.82) is 0 Å². The summed E-state index contributed by atoms with van der Waals surface area (Å²) in [7, 11) is 0. The van der Waals surface area contributed by atoms with E-state index in [1.54, 1.807) is 0 Å². The Morgan fingerprint density at radius 1 is 1.28 bits per heavy atom. The van der Waals surface area contributed by atoms with Gasteiger partial charge in [0.05, 0.1) is 6.10 Å². The maximum atomic E-state index is 5.76. The molecule has 1 N–H and O–H groups in total. The fourth-order valence-corrected chi connectivity index (χ4v) is 3.36. The summed E-state index contributed by atoms with van der Waals surface area (Å²) < 4.78 is 5.76. The standard InChI is InChI=1S/C15H30N2O/c1-2-18-15-8-5-11-17(13-15)10-4-7-14-6-3-9-16-12-14/h14-16H,2-13H2,1H3. The average Bonchev–Trinajstić information content (AvgIpc) is 2.41. The first-order valence-electron chi connectivity index (χ1n) is 7.93. The Morgan fingerprint density at radius 2 is 2.22 bits per heavy atom. The third-order valence-corrected chi connectivity index (χ3v) is 4.35. The molecule has 2 saturated heterocycles. The zero-order valence-corrected chi connectivity index (χ0v) is 12.0. The van der Waals surface area contributed by atoms with Crippen molar-refractivity contribution in [2.75, 3.05) is 39.3 Å². The van der Waals surface area contributed by atoms with Crippen molar-refractivity contribution in [3.8, 4) is 0 Å². The van der Waals surface area contributed by atoms with Crippen LogP contribution in [0.3, 0.4) is 0 Å². The van der Waals surface area contributed by atoms with Crippen LogP contribution in [0.25, 0.3) is 0 Å². The van der Waals surface area contributed by atoms with E-state index in [4.69, 9.17) is 4.74 Å². The van der Waals surface area contributed by atoms with E-state index in [-0.39, 0.29) is 0 Å². The minimum Gasteiger partial charge on any atom is -0.377 e. The smallest absolute Gasteiger partial charge is 0.0702 e. The van der Waals surface area contributed by atoms with Gasteiger partial charge in [-0.2, -0.15) is 0 Å². The predicted octanol–water partition coefficient (Wildman–Crippen LogP) is 2.27. The molecule has 0 aromatic carbocycles. The number of piperidine rings is 2. The van der Waals surface area contributed by atoms with Crippen LogP contribution in [-0.2, 0) is 4.74 Å². The molecule has 0 bridgehead atoms. The average molecular weight is 254 g/mol. The fourth-order valence-electron chi connectivity index (χ4n) is 3.36. The Hall–Kier alpha value is -0.120. The summed E-state index contributed by atoms with van der Waals surface area (Å²) in [6.07, 6.45) is 8.66. The molecule has 0 radical (unpaired) electrons. The summed E-state index contributed by atoms with van der Waals surface area (Å²) in [5.41, 5.74) is 0. The molecule has 0 aromatic heterocycles. The van der Waals surface area contributed by atoms with Crippen LogP contribution in [0.5, 0.6) is 0 Å². The third-order valence-electron chi connectivity index (χ3n) is 4.35. The number of likely N-dealkylation sites (tertiary alicyclic amines) is 1. The van der Waals surface area contributed by atoms with Crippen molar-refractivity contribution in [1.82, 2.24) is 10.2 Å². The molecule has 0 spiro atoms. The van der Waals surface area contributed by atoms with Gasteiger partial charge in [0.1, 0.15) is 0 Å². The van der Waals surface area contributed by atoms with Gasteiger partial charge in [-0.3, -0.25) is 0 Å². The maximum Gasteiger partial charge on any atom is 0.0702 e. The van der Waals surface area contributed by atoms with Gasteiger partial charge in [-0.05, 0) is 77.5 Å². The van der Waals surface area contributed by atoms with Crippen LogP contribution in [0.2, 0.25) is 0 Å². The first-order valence-corrected chi connectivity index (χ1v) is 7.93. The highest BCUT2D eigenvalue weighted by Crippen LogP contribution is 2.18. The molecule has 0 amide bonds. The lowest BCUT2D eigenvalue weighted by atomic mass is 9.94. The molecule has 0 saturated carbocycles. The topological polar surface area (TPSA) is 24.5 Å². The molecule has 0 aromatic rings. The highest BCUT2D eigenvalue weighted by Gasteiger charge is 2.20. The Kier molecular flexibility index (Phi) is 6.46. The highest BCUT2D eigenvalue weighted by atomic mass is 16.5. The van der Waals surface area contributed by atoms with Crippen LogP contribution in [0, 0.1) is 5.92 Å². The van der Waals surface area contributed by atoms with Crippen molar-refractivity contribution in [2.24, 2.45) is 5.92 Å². The maximum absolute atomic E-state index is 5.76. The van der Waals surface area contributed by atoms with Gasteiger partial charge in [-0.25, -0.2) is 0 Å². The zero-order valence-electron chi connectivity index (χ0n) is 12.0.